The van der Waals surface area contributed by atoms with E-state index in [0.29, 0.717) is 11.4 Å². The van der Waals surface area contributed by atoms with Gasteiger partial charge in [0.25, 0.3) is 0 Å². The molecule has 0 amide bonds. The lowest BCUT2D eigenvalue weighted by Gasteiger charge is -2.04. The van der Waals surface area contributed by atoms with E-state index in [4.69, 9.17) is 0 Å². The highest BCUT2D eigenvalue weighted by molar-refractivity contribution is 5.96. The molecule has 0 aliphatic heterocycles. The van der Waals surface area contributed by atoms with Crippen LogP contribution >= 0.6 is 0 Å². The fourth-order valence-electron chi connectivity index (χ4n) is 2.83. The second kappa shape index (κ2) is 7.33. The third kappa shape index (κ3) is 3.82. The molecule has 0 atom stereocenters. The molecule has 0 N–H and O–H groups in total. The fraction of sp³-hybridized carbons (Fsp3) is 0.0909. The Bertz CT molecular complexity index is 1050. The highest BCUT2D eigenvalue weighted by Gasteiger charge is 2.11. The Morgan fingerprint density at radius 3 is 2.15 bits per heavy atom. The van der Waals surface area contributed by atoms with Crippen molar-refractivity contribution >= 4 is 5.78 Å². The number of nitrogens with zero attached hydrogens (tertiary/aromatic N) is 4. The Kier molecular flexibility index (Phi) is 4.58. The minimum absolute atomic E-state index is 0.0533. The molecule has 5 nitrogen and oxygen atoms in total. The number of aryl methyl sites for hydroxylation is 1. The lowest BCUT2D eigenvalue weighted by molar-refractivity contribution is 0.0961. The summed E-state index contributed by atoms with van der Waals surface area (Å²) in [6.07, 6.45) is 0. The van der Waals surface area contributed by atoms with E-state index in [9.17, 15) is 4.79 Å². The van der Waals surface area contributed by atoms with E-state index in [1.807, 2.05) is 85.8 Å². The van der Waals surface area contributed by atoms with Crippen molar-refractivity contribution in [1.29, 1.82) is 0 Å². The first-order valence-electron chi connectivity index (χ1n) is 8.72. The van der Waals surface area contributed by atoms with E-state index in [-0.39, 0.29) is 12.3 Å². The van der Waals surface area contributed by atoms with E-state index in [0.717, 1.165) is 16.7 Å². The van der Waals surface area contributed by atoms with Gasteiger partial charge in [-0.15, -0.1) is 10.2 Å². The number of hydrogen-bond donors (Lipinski definition) is 0. The van der Waals surface area contributed by atoms with Gasteiger partial charge in [0, 0.05) is 11.1 Å². The average molecular weight is 354 g/mol. The molecule has 0 unspecified atom stereocenters. The van der Waals surface area contributed by atoms with Crippen molar-refractivity contribution in [3.8, 4) is 22.5 Å². The SMILES string of the molecule is Cc1ccc(-c2nnn(CC(=O)c3ccc(-c4ccccc4)cc3)n2)cc1. The zero-order valence-corrected chi connectivity index (χ0v) is 14.9. The van der Waals surface area contributed by atoms with Crippen LogP contribution in [0.5, 0.6) is 0 Å². The van der Waals surface area contributed by atoms with Crippen LogP contribution in [0.15, 0.2) is 78.9 Å². The van der Waals surface area contributed by atoms with E-state index in [1.54, 1.807) is 0 Å². The average Bonchev–Trinajstić information content (AvgIpc) is 3.18. The number of carbonyl (C=O) groups excluding carboxylic acids is 1. The van der Waals surface area contributed by atoms with Crippen molar-refractivity contribution < 1.29 is 4.79 Å². The van der Waals surface area contributed by atoms with Crippen LogP contribution in [0.2, 0.25) is 0 Å². The predicted molar refractivity (Wildman–Crippen MR) is 104 cm³/mol. The molecule has 0 saturated heterocycles. The molecule has 0 fully saturated rings. The number of ketones is 1. The number of Topliss-reactive ketones (excluding diaryl/α,β-unsaturated/α-hetero) is 1. The van der Waals surface area contributed by atoms with Crippen LogP contribution in [0.3, 0.4) is 0 Å². The van der Waals surface area contributed by atoms with E-state index in [2.05, 4.69) is 15.4 Å². The Morgan fingerprint density at radius 1 is 0.815 bits per heavy atom. The van der Waals surface area contributed by atoms with Crippen molar-refractivity contribution in [2.75, 3.05) is 0 Å². The van der Waals surface area contributed by atoms with E-state index in [1.165, 1.54) is 10.4 Å². The van der Waals surface area contributed by atoms with Gasteiger partial charge in [0.2, 0.25) is 5.82 Å². The van der Waals surface area contributed by atoms with Crippen molar-refractivity contribution in [3.63, 3.8) is 0 Å². The van der Waals surface area contributed by atoms with E-state index < -0.39 is 0 Å². The fourth-order valence-corrected chi connectivity index (χ4v) is 2.83. The summed E-state index contributed by atoms with van der Waals surface area (Å²) in [6, 6.07) is 25.5. The monoisotopic (exact) mass is 354 g/mol. The standard InChI is InChI=1S/C22H18N4O/c1-16-7-9-20(10-8-16)22-23-25-26(24-22)15-21(27)19-13-11-18(12-14-19)17-5-3-2-4-6-17/h2-14H,15H2,1H3. The maximum Gasteiger partial charge on any atom is 0.204 e. The number of rotatable bonds is 5. The van der Waals surface area contributed by atoms with Crippen molar-refractivity contribution in [1.82, 2.24) is 20.2 Å². The molecule has 0 bridgehead atoms. The molecule has 4 rings (SSSR count). The van der Waals surface area contributed by atoms with Crippen LogP contribution in [0.1, 0.15) is 15.9 Å². The van der Waals surface area contributed by atoms with E-state index >= 15 is 0 Å². The van der Waals surface area contributed by atoms with Gasteiger partial charge in [0.05, 0.1) is 0 Å². The largest absolute Gasteiger partial charge is 0.292 e. The molecule has 3 aromatic carbocycles. The summed E-state index contributed by atoms with van der Waals surface area (Å²) in [6.45, 7) is 2.08. The summed E-state index contributed by atoms with van der Waals surface area (Å²) in [5.74, 6) is 0.463. The summed E-state index contributed by atoms with van der Waals surface area (Å²) < 4.78 is 0. The first kappa shape index (κ1) is 16.8. The van der Waals surface area contributed by atoms with Crippen molar-refractivity contribution in [3.05, 3.63) is 90.0 Å². The first-order valence-corrected chi connectivity index (χ1v) is 8.72. The summed E-state index contributed by atoms with van der Waals surface area (Å²) in [4.78, 5) is 13.9. The van der Waals surface area contributed by atoms with Crippen molar-refractivity contribution in [2.24, 2.45) is 0 Å². The normalized spacial score (nSPS) is 10.7. The highest BCUT2D eigenvalue weighted by atomic mass is 16.1. The number of benzene rings is 3. The molecule has 0 aliphatic rings. The van der Waals surface area contributed by atoms with Gasteiger partial charge in [0.1, 0.15) is 6.54 Å². The zero-order valence-electron chi connectivity index (χ0n) is 14.9. The zero-order chi connectivity index (χ0) is 18.6. The van der Waals surface area contributed by atoms with Crippen LogP contribution < -0.4 is 0 Å². The molecular weight excluding hydrogens is 336 g/mol. The number of tetrazole rings is 1. The van der Waals surface area contributed by atoms with Crippen LogP contribution in [0.25, 0.3) is 22.5 Å². The molecule has 132 valence electrons. The van der Waals surface area contributed by atoms with Gasteiger partial charge in [-0.25, -0.2) is 0 Å². The number of hydrogen-bond acceptors (Lipinski definition) is 4. The Balaban J connectivity index is 1.47. The van der Waals surface area contributed by atoms with Crippen LogP contribution in [-0.4, -0.2) is 26.0 Å². The summed E-state index contributed by atoms with van der Waals surface area (Å²) in [5, 5.41) is 12.4. The maximum atomic E-state index is 12.5. The molecule has 0 aliphatic carbocycles. The number of carbonyl (C=O) groups is 1. The predicted octanol–water partition coefficient (Wildman–Crippen LogP) is 4.20. The minimum atomic E-state index is -0.0533. The van der Waals surface area contributed by atoms with Crippen LogP contribution in [0, 0.1) is 6.92 Å². The second-order valence-corrected chi connectivity index (χ2v) is 6.38. The topological polar surface area (TPSA) is 60.7 Å². The molecule has 1 heterocycles. The third-order valence-electron chi connectivity index (χ3n) is 4.36. The lowest BCUT2D eigenvalue weighted by atomic mass is 10.0. The second-order valence-electron chi connectivity index (χ2n) is 6.38. The van der Waals surface area contributed by atoms with Gasteiger partial charge < -0.3 is 0 Å². The molecule has 0 saturated carbocycles. The summed E-state index contributed by atoms with van der Waals surface area (Å²) >= 11 is 0. The smallest absolute Gasteiger partial charge is 0.204 e. The van der Waals surface area contributed by atoms with Gasteiger partial charge in [-0.1, -0.05) is 84.4 Å². The molecule has 1 aromatic heterocycles. The van der Waals surface area contributed by atoms with Gasteiger partial charge in [-0.05, 0) is 23.3 Å². The van der Waals surface area contributed by atoms with Gasteiger partial charge >= 0.3 is 0 Å². The maximum absolute atomic E-state index is 12.5. The van der Waals surface area contributed by atoms with Gasteiger partial charge in [0.15, 0.2) is 5.78 Å². The van der Waals surface area contributed by atoms with Gasteiger partial charge in [-0.3, -0.25) is 4.79 Å². The highest BCUT2D eigenvalue weighted by Crippen LogP contribution is 2.19. The number of aromatic nitrogens is 4. The molecule has 0 spiro atoms. The quantitative estimate of drug-likeness (QED) is 0.504. The molecule has 0 radical (unpaired) electrons. The summed E-state index contributed by atoms with van der Waals surface area (Å²) in [7, 11) is 0. The summed E-state index contributed by atoms with van der Waals surface area (Å²) in [5.41, 5.74) is 4.88. The van der Waals surface area contributed by atoms with Crippen LogP contribution in [-0.2, 0) is 6.54 Å². The Labute approximate surface area is 157 Å². The van der Waals surface area contributed by atoms with Gasteiger partial charge in [-0.2, -0.15) is 4.80 Å². The molecule has 5 heteroatoms. The third-order valence-corrected chi connectivity index (χ3v) is 4.36. The molecule has 27 heavy (non-hydrogen) atoms. The lowest BCUT2D eigenvalue weighted by Crippen LogP contribution is -2.13. The molecular formula is C22H18N4O. The molecule has 4 aromatic rings. The Hall–Kier alpha value is -3.60. The van der Waals surface area contributed by atoms with Crippen molar-refractivity contribution in [2.45, 2.75) is 13.5 Å². The first-order chi connectivity index (χ1) is 13.2. The minimum Gasteiger partial charge on any atom is -0.292 e. The Morgan fingerprint density at radius 2 is 1.44 bits per heavy atom. The van der Waals surface area contributed by atoms with Crippen LogP contribution in [0.4, 0.5) is 0 Å².